The zero-order chi connectivity index (χ0) is 45.8. The van der Waals surface area contributed by atoms with Gasteiger partial charge in [0, 0.05) is 40.6 Å². The molecule has 0 radical (unpaired) electrons. The van der Waals surface area contributed by atoms with Gasteiger partial charge in [-0.3, -0.25) is 4.79 Å². The topological polar surface area (TPSA) is 427 Å². The summed E-state index contributed by atoms with van der Waals surface area (Å²) in [5, 5.41) is 68.3. The van der Waals surface area contributed by atoms with E-state index < -0.39 is 121 Å². The van der Waals surface area contributed by atoms with Crippen LogP contribution in [0.3, 0.4) is 0 Å². The van der Waals surface area contributed by atoms with Crippen molar-refractivity contribution in [2.24, 2.45) is 44.8 Å². The van der Waals surface area contributed by atoms with Crippen molar-refractivity contribution in [3.63, 3.8) is 0 Å². The highest BCUT2D eigenvalue weighted by atomic mass is 16.6. The van der Waals surface area contributed by atoms with Crippen LogP contribution in [0.25, 0.3) is 0 Å². The Labute approximate surface area is 351 Å². The van der Waals surface area contributed by atoms with Crippen LogP contribution in [0.15, 0.2) is 33.7 Å². The number of hydrogen-bond acceptors (Lipinski definition) is 17. The maximum Gasteiger partial charge on any atom is 0.407 e. The van der Waals surface area contributed by atoms with Crippen molar-refractivity contribution in [3.05, 3.63) is 23.7 Å². The highest BCUT2D eigenvalue weighted by Gasteiger charge is 2.44. The Kier molecular flexibility index (Phi) is 21.8. The highest BCUT2D eigenvalue weighted by molar-refractivity contribution is 5.85. The van der Waals surface area contributed by atoms with E-state index in [1.54, 1.807) is 6.92 Å². The number of nitrogens with one attached hydrogen (secondary N) is 3. The fourth-order valence-electron chi connectivity index (χ4n) is 5.89. The first-order valence-corrected chi connectivity index (χ1v) is 19.1. The zero-order valence-electron chi connectivity index (χ0n) is 34.0. The first-order chi connectivity index (χ1) is 28.7. The first kappa shape index (κ1) is 51.5. The smallest absolute Gasteiger partial charge is 0.407 e. The van der Waals surface area contributed by atoms with Crippen molar-refractivity contribution in [2.75, 3.05) is 52.7 Å². The van der Waals surface area contributed by atoms with Crippen LogP contribution in [-0.2, 0) is 42.8 Å². The minimum Gasteiger partial charge on any atom is -0.480 e. The average molecular weight is 882 g/mol. The second-order valence-electron chi connectivity index (χ2n) is 14.1. The van der Waals surface area contributed by atoms with E-state index in [-0.39, 0.29) is 39.7 Å². The van der Waals surface area contributed by atoms with E-state index >= 15 is 0 Å². The number of guanidine groups is 2. The van der Waals surface area contributed by atoms with Crippen molar-refractivity contribution in [1.82, 2.24) is 16.0 Å². The Bertz CT molecular complexity index is 1600. The fraction of sp³-hybridized carbons (Fsp3) is 0.686. The van der Waals surface area contributed by atoms with Gasteiger partial charge in [0.1, 0.15) is 49.8 Å². The summed E-state index contributed by atoms with van der Waals surface area (Å²) in [4.78, 5) is 67.0. The van der Waals surface area contributed by atoms with E-state index in [4.69, 9.17) is 51.4 Å². The van der Waals surface area contributed by atoms with Crippen LogP contribution in [0.4, 0.5) is 9.59 Å². The number of aliphatic imine (C=N–C) groups is 2. The summed E-state index contributed by atoms with van der Waals surface area (Å²) in [6, 6.07) is -3.20. The van der Waals surface area contributed by atoms with Crippen molar-refractivity contribution < 1.29 is 84.5 Å². The third kappa shape index (κ3) is 18.2. The average Bonchev–Trinajstić information content (AvgIpc) is 3.18. The minimum absolute atomic E-state index is 0. The lowest BCUT2D eigenvalue weighted by molar-refractivity contribution is -0.145. The summed E-state index contributed by atoms with van der Waals surface area (Å²) in [6.07, 6.45) is -7.79. The van der Waals surface area contributed by atoms with Gasteiger partial charge < -0.3 is 97.9 Å². The Hall–Kier alpha value is -5.67. The van der Waals surface area contributed by atoms with Gasteiger partial charge in [0.05, 0.1) is 31.3 Å². The summed E-state index contributed by atoms with van der Waals surface area (Å²) in [5.41, 5.74) is 21.7. The zero-order valence-corrected chi connectivity index (χ0v) is 34.0. The third-order valence-corrected chi connectivity index (χ3v) is 9.14. The predicted molar refractivity (Wildman–Crippen MR) is 212 cm³/mol. The second-order valence-corrected chi connectivity index (χ2v) is 14.1. The van der Waals surface area contributed by atoms with Crippen molar-refractivity contribution in [2.45, 2.75) is 88.4 Å². The molecule has 26 nitrogen and oxygen atoms in total. The monoisotopic (exact) mass is 881 g/mol. The van der Waals surface area contributed by atoms with Gasteiger partial charge in [-0.1, -0.05) is 13.8 Å². The molecule has 0 spiro atoms. The van der Waals surface area contributed by atoms with Crippen LogP contribution >= 0.6 is 0 Å². The molecule has 61 heavy (non-hydrogen) atoms. The summed E-state index contributed by atoms with van der Waals surface area (Å²) >= 11 is 0. The van der Waals surface area contributed by atoms with Crippen LogP contribution in [-0.4, -0.2) is 180 Å². The van der Waals surface area contributed by atoms with Crippen LogP contribution < -0.4 is 38.9 Å². The quantitative estimate of drug-likeness (QED) is 0.0234. The lowest BCUT2D eigenvalue weighted by Crippen LogP contribution is -2.60. The predicted octanol–water partition coefficient (Wildman–Crippen LogP) is -4.26. The van der Waals surface area contributed by atoms with Gasteiger partial charge in [-0.15, -0.1) is 0 Å². The molecule has 0 saturated heterocycles. The molecule has 0 aromatic carbocycles. The Morgan fingerprint density at radius 3 is 1.59 bits per heavy atom. The summed E-state index contributed by atoms with van der Waals surface area (Å²) in [6.45, 7) is 4.31. The molecule has 0 fully saturated rings. The molecule has 0 aromatic heterocycles. The number of aliphatic carboxylic acids is 2. The lowest BCUT2D eigenvalue weighted by Gasteiger charge is -2.38. The lowest BCUT2D eigenvalue weighted by atomic mass is 9.87. The fourth-order valence-corrected chi connectivity index (χ4v) is 5.89. The molecule has 3 amide bonds. The molecular formula is C35H61N9O17. The first-order valence-electron chi connectivity index (χ1n) is 19.1. The summed E-state index contributed by atoms with van der Waals surface area (Å²) < 4.78 is 31.7. The van der Waals surface area contributed by atoms with E-state index in [2.05, 4.69) is 25.9 Å². The largest absolute Gasteiger partial charge is 0.480 e. The number of aliphatic hydroxyl groups excluding tert-OH is 4. The molecule has 2 aliphatic heterocycles. The number of nitrogens with zero attached hydrogens (tertiary/aromatic N) is 2. The molecule has 2 aliphatic rings. The number of nitrogens with two attached hydrogens (primary N) is 4. The van der Waals surface area contributed by atoms with Gasteiger partial charge in [-0.05, 0) is 30.9 Å². The Morgan fingerprint density at radius 1 is 0.721 bits per heavy atom. The standard InChI is InChI=1S/C35H59N9O17.H2/c1-16(4-6-56-8-10-58-34(54)40-14-21(46)26(48)28-17(2)19(43-32(36)37)12-23(60-28)30(50)51)5-7-57-9-11-59-35(55)41-15-22(47)27(49)29-25(42-18(3)45)20(44-33(38)39)13-24(61-29)31(52)53;/h12-13,16-17,19-22,25-29,46-49H,4-11,14-15H2,1-3H3,(H,40,54)(H,41,55)(H,42,45)(H,50,51)(H,52,53)(H4,36,37,43)(H4,38,39,44);1H/t16?,17-,19+,20+,21-,22-,25-,26-,27-,28-,29-;/m1./s1/i;1+2. The number of aliphatic hydroxyl groups is 4. The maximum absolute atomic E-state index is 12.2. The molecule has 0 saturated carbocycles. The van der Waals surface area contributed by atoms with E-state index in [0.29, 0.717) is 26.1 Å². The van der Waals surface area contributed by atoms with Gasteiger partial charge in [-0.25, -0.2) is 29.2 Å². The van der Waals surface area contributed by atoms with Crippen molar-refractivity contribution >= 4 is 42.0 Å². The molecule has 1 unspecified atom stereocenters. The highest BCUT2D eigenvalue weighted by Crippen LogP contribution is 2.29. The van der Waals surface area contributed by atoms with Gasteiger partial charge in [0.2, 0.25) is 17.4 Å². The minimum atomic E-state index is -1.83. The van der Waals surface area contributed by atoms with E-state index in [1.165, 1.54) is 6.08 Å². The van der Waals surface area contributed by atoms with Gasteiger partial charge in [0.25, 0.3) is 0 Å². The van der Waals surface area contributed by atoms with E-state index in [0.717, 1.165) is 13.0 Å². The number of ether oxygens (including phenoxy) is 6. The molecule has 17 N–H and O–H groups in total. The molecule has 348 valence electrons. The molecule has 0 aromatic rings. The number of carboxylic acids is 2. The van der Waals surface area contributed by atoms with E-state index in [1.807, 2.05) is 6.92 Å². The molecule has 0 aliphatic carbocycles. The number of carboxylic acid groups (broad SMARTS) is 2. The Balaban J connectivity index is 0.0000192. The number of alkyl carbamates (subject to hydrolysis) is 2. The number of hydrogen-bond donors (Lipinski definition) is 13. The molecule has 26 heteroatoms. The van der Waals surface area contributed by atoms with Crippen LogP contribution in [0.2, 0.25) is 0 Å². The van der Waals surface area contributed by atoms with Crippen molar-refractivity contribution in [3.8, 4) is 0 Å². The number of rotatable bonds is 25. The maximum atomic E-state index is 12.2. The Morgan fingerprint density at radius 2 is 1.15 bits per heavy atom. The second kappa shape index (κ2) is 25.8. The molecular weight excluding hydrogens is 818 g/mol. The van der Waals surface area contributed by atoms with Crippen molar-refractivity contribution in [1.29, 1.82) is 0 Å². The molecule has 0 bridgehead atoms. The van der Waals surface area contributed by atoms with Crippen LogP contribution in [0, 0.1) is 11.8 Å². The number of carbonyl (C=O) groups is 5. The molecule has 2 rings (SSSR count). The SMILES string of the molecule is CC(=O)N[C@H]1[C@H]([C@H](O)[C@H](O)CNC(=O)OCCOCCC(C)CCOCCOC(=O)NC[C@@H](O)[C@@H](O)[C@@H]2OC(C(=O)O)=C[C@H](N=C(N)N)[C@H]2C)OC(C(=O)O)=C[C@@H]1N=C(N)N.[3HH]. The van der Waals surface area contributed by atoms with Crippen LogP contribution in [0.1, 0.15) is 35.0 Å². The molecule has 2 heterocycles. The number of carbonyl (C=O) groups excluding carboxylic acids is 3. The van der Waals surface area contributed by atoms with Crippen LogP contribution in [0.5, 0.6) is 0 Å². The summed E-state index contributed by atoms with van der Waals surface area (Å²) in [7, 11) is 0. The summed E-state index contributed by atoms with van der Waals surface area (Å²) in [5.74, 6) is -5.85. The third-order valence-electron chi connectivity index (χ3n) is 9.14. The van der Waals surface area contributed by atoms with E-state index in [9.17, 15) is 54.6 Å². The van der Waals surface area contributed by atoms with Gasteiger partial charge >= 0.3 is 24.1 Å². The molecule has 11 atom stereocenters. The number of amides is 3. The van der Waals surface area contributed by atoms with Gasteiger partial charge in [-0.2, -0.15) is 0 Å². The van der Waals surface area contributed by atoms with Gasteiger partial charge in [0.15, 0.2) is 11.9 Å². The normalized spacial score (nSPS) is 23.3.